The monoisotopic (exact) mass is 282 g/mol. The normalized spacial score (nSPS) is 20.5. The number of aliphatic carboxylic acids is 1. The Morgan fingerprint density at radius 2 is 2.21 bits per heavy atom. The first-order valence-corrected chi connectivity index (χ1v) is 6.88. The predicted octanol–water partition coefficient (Wildman–Crippen LogP) is 2.23. The lowest BCUT2D eigenvalue weighted by Crippen LogP contribution is -2.36. The van der Waals surface area contributed by atoms with Crippen LogP contribution in [0, 0.1) is 5.92 Å². The van der Waals surface area contributed by atoms with Crippen molar-refractivity contribution >= 4 is 23.3 Å². The molecule has 0 aromatic heterocycles. The van der Waals surface area contributed by atoms with E-state index in [9.17, 15) is 4.79 Å². The van der Waals surface area contributed by atoms with Gasteiger partial charge in [0.05, 0.1) is 0 Å². The number of benzene rings is 1. The average Bonchev–Trinajstić information content (AvgIpc) is 2.85. The molecule has 0 radical (unpaired) electrons. The molecule has 5 heteroatoms. The Kier molecular flexibility index (Phi) is 4.66. The molecule has 1 heterocycles. The lowest BCUT2D eigenvalue weighted by Gasteiger charge is -2.20. The Morgan fingerprint density at radius 3 is 2.79 bits per heavy atom. The zero-order valence-corrected chi connectivity index (χ0v) is 11.7. The maximum atomic E-state index is 11.0. The van der Waals surface area contributed by atoms with Crippen LogP contribution in [0.2, 0.25) is 5.02 Å². The van der Waals surface area contributed by atoms with Gasteiger partial charge in [-0.3, -0.25) is 4.79 Å². The van der Waals surface area contributed by atoms with Crippen LogP contribution in [0.1, 0.15) is 12.8 Å². The zero-order valence-electron chi connectivity index (χ0n) is 11.0. The molecule has 104 valence electrons. The fourth-order valence-electron chi connectivity index (χ4n) is 2.59. The minimum absolute atomic E-state index is 0.421. The van der Waals surface area contributed by atoms with Crippen LogP contribution in [0.15, 0.2) is 24.3 Å². The van der Waals surface area contributed by atoms with Crippen molar-refractivity contribution in [2.24, 2.45) is 5.92 Å². The van der Waals surface area contributed by atoms with Crippen LogP contribution < -0.4 is 10.2 Å². The number of hydrogen-bond acceptors (Lipinski definition) is 3. The van der Waals surface area contributed by atoms with Crippen LogP contribution in [0.3, 0.4) is 0 Å². The van der Waals surface area contributed by atoms with E-state index in [0.717, 1.165) is 30.2 Å². The van der Waals surface area contributed by atoms with Gasteiger partial charge in [-0.1, -0.05) is 11.6 Å². The van der Waals surface area contributed by atoms with Crippen molar-refractivity contribution in [3.05, 3.63) is 29.3 Å². The molecule has 0 amide bonds. The van der Waals surface area contributed by atoms with Crippen LogP contribution in [-0.2, 0) is 4.79 Å². The number of nitrogens with zero attached hydrogens (tertiary/aromatic N) is 1. The molecule has 2 unspecified atom stereocenters. The topological polar surface area (TPSA) is 52.6 Å². The molecular weight excluding hydrogens is 264 g/mol. The largest absolute Gasteiger partial charge is 0.480 e. The molecule has 19 heavy (non-hydrogen) atoms. The van der Waals surface area contributed by atoms with Crippen LogP contribution >= 0.6 is 11.6 Å². The highest BCUT2D eigenvalue weighted by atomic mass is 35.5. The number of rotatable bonds is 5. The summed E-state index contributed by atoms with van der Waals surface area (Å²) in [6.45, 7) is 1.88. The first-order chi connectivity index (χ1) is 9.10. The van der Waals surface area contributed by atoms with Gasteiger partial charge in [-0.05, 0) is 50.1 Å². The van der Waals surface area contributed by atoms with Crippen LogP contribution in [0.5, 0.6) is 0 Å². The van der Waals surface area contributed by atoms with E-state index >= 15 is 0 Å². The summed E-state index contributed by atoms with van der Waals surface area (Å²) in [7, 11) is 1.70. The summed E-state index contributed by atoms with van der Waals surface area (Å²) >= 11 is 5.88. The third-order valence-corrected chi connectivity index (χ3v) is 3.95. The summed E-state index contributed by atoms with van der Waals surface area (Å²) in [4.78, 5) is 13.3. The SMILES string of the molecule is CNC(CC1CCN(c2ccc(Cl)cc2)C1)C(=O)O. The number of carbonyl (C=O) groups is 1. The van der Waals surface area contributed by atoms with Gasteiger partial charge in [0, 0.05) is 23.8 Å². The van der Waals surface area contributed by atoms with Crippen molar-refractivity contribution in [2.75, 3.05) is 25.0 Å². The molecule has 1 aliphatic rings. The van der Waals surface area contributed by atoms with Gasteiger partial charge in [0.25, 0.3) is 0 Å². The lowest BCUT2D eigenvalue weighted by atomic mass is 9.99. The van der Waals surface area contributed by atoms with Gasteiger partial charge in [-0.2, -0.15) is 0 Å². The summed E-state index contributed by atoms with van der Waals surface area (Å²) in [6, 6.07) is 7.35. The second-order valence-corrected chi connectivity index (χ2v) is 5.43. The molecule has 0 bridgehead atoms. The third kappa shape index (κ3) is 3.61. The number of carboxylic acid groups (broad SMARTS) is 1. The molecule has 2 atom stereocenters. The fraction of sp³-hybridized carbons (Fsp3) is 0.500. The van der Waals surface area contributed by atoms with Crippen molar-refractivity contribution < 1.29 is 9.90 Å². The molecular formula is C14H19ClN2O2. The second kappa shape index (κ2) is 6.26. The molecule has 1 aromatic carbocycles. The van der Waals surface area contributed by atoms with E-state index in [-0.39, 0.29) is 0 Å². The Balaban J connectivity index is 1.92. The third-order valence-electron chi connectivity index (χ3n) is 3.69. The minimum Gasteiger partial charge on any atom is -0.480 e. The molecule has 1 fully saturated rings. The van der Waals surface area contributed by atoms with Gasteiger partial charge in [-0.25, -0.2) is 0 Å². The highest BCUT2D eigenvalue weighted by Crippen LogP contribution is 2.27. The molecule has 2 N–H and O–H groups in total. The number of carboxylic acids is 1. The van der Waals surface area contributed by atoms with E-state index in [4.69, 9.17) is 16.7 Å². The maximum absolute atomic E-state index is 11.0. The second-order valence-electron chi connectivity index (χ2n) is 4.99. The fourth-order valence-corrected chi connectivity index (χ4v) is 2.71. The number of hydrogen-bond donors (Lipinski definition) is 2. The van der Waals surface area contributed by atoms with Crippen molar-refractivity contribution in [1.82, 2.24) is 5.32 Å². The number of nitrogens with one attached hydrogen (secondary N) is 1. The standard InChI is InChI=1S/C14H19ClN2O2/c1-16-13(14(18)19)8-10-6-7-17(9-10)12-4-2-11(15)3-5-12/h2-5,10,13,16H,6-9H2,1H3,(H,18,19). The summed E-state index contributed by atoms with van der Waals surface area (Å²) in [6.07, 6.45) is 1.71. The van der Waals surface area contributed by atoms with Gasteiger partial charge in [0.15, 0.2) is 0 Å². The minimum atomic E-state index is -0.771. The van der Waals surface area contributed by atoms with E-state index in [1.54, 1.807) is 7.05 Å². The van der Waals surface area contributed by atoms with Gasteiger partial charge in [0.1, 0.15) is 6.04 Å². The molecule has 1 aromatic rings. The number of halogens is 1. The van der Waals surface area contributed by atoms with Crippen molar-refractivity contribution in [1.29, 1.82) is 0 Å². The van der Waals surface area contributed by atoms with E-state index in [2.05, 4.69) is 10.2 Å². The van der Waals surface area contributed by atoms with Gasteiger partial charge >= 0.3 is 5.97 Å². The first-order valence-electron chi connectivity index (χ1n) is 6.50. The van der Waals surface area contributed by atoms with Crippen LogP contribution in [0.25, 0.3) is 0 Å². The van der Waals surface area contributed by atoms with Gasteiger partial charge in [-0.15, -0.1) is 0 Å². The van der Waals surface area contributed by atoms with E-state index in [0.29, 0.717) is 12.3 Å². The van der Waals surface area contributed by atoms with E-state index in [1.807, 2.05) is 24.3 Å². The van der Waals surface area contributed by atoms with Crippen molar-refractivity contribution in [3.63, 3.8) is 0 Å². The average molecular weight is 283 g/mol. The van der Waals surface area contributed by atoms with Gasteiger partial charge < -0.3 is 15.3 Å². The summed E-state index contributed by atoms with van der Waals surface area (Å²) in [5.41, 5.74) is 1.16. The van der Waals surface area contributed by atoms with E-state index < -0.39 is 12.0 Å². The quantitative estimate of drug-likeness (QED) is 0.870. The smallest absolute Gasteiger partial charge is 0.320 e. The first kappa shape index (κ1) is 14.2. The molecule has 0 spiro atoms. The molecule has 2 rings (SSSR count). The van der Waals surface area contributed by atoms with Crippen molar-refractivity contribution in [2.45, 2.75) is 18.9 Å². The Hall–Kier alpha value is -1.26. The molecule has 4 nitrogen and oxygen atoms in total. The van der Waals surface area contributed by atoms with Gasteiger partial charge in [0.2, 0.25) is 0 Å². The summed E-state index contributed by atoms with van der Waals surface area (Å²) < 4.78 is 0. The Labute approximate surface area is 118 Å². The molecule has 0 saturated carbocycles. The number of likely N-dealkylation sites (N-methyl/N-ethyl adjacent to an activating group) is 1. The van der Waals surface area contributed by atoms with E-state index in [1.165, 1.54) is 0 Å². The Bertz CT molecular complexity index is 436. The summed E-state index contributed by atoms with van der Waals surface area (Å²) in [5.74, 6) is -0.350. The maximum Gasteiger partial charge on any atom is 0.320 e. The lowest BCUT2D eigenvalue weighted by molar-refractivity contribution is -0.139. The van der Waals surface area contributed by atoms with Crippen molar-refractivity contribution in [3.8, 4) is 0 Å². The highest BCUT2D eigenvalue weighted by Gasteiger charge is 2.27. The molecule has 1 saturated heterocycles. The predicted molar refractivity (Wildman–Crippen MR) is 76.9 cm³/mol. The molecule has 1 aliphatic heterocycles. The van der Waals surface area contributed by atoms with Crippen LogP contribution in [0.4, 0.5) is 5.69 Å². The molecule has 0 aliphatic carbocycles. The summed E-state index contributed by atoms with van der Waals surface area (Å²) in [5, 5.41) is 12.6. The van der Waals surface area contributed by atoms with Crippen LogP contribution in [-0.4, -0.2) is 37.3 Å². The zero-order chi connectivity index (χ0) is 13.8. The Morgan fingerprint density at radius 1 is 1.53 bits per heavy atom. The highest BCUT2D eigenvalue weighted by molar-refractivity contribution is 6.30. The number of anilines is 1.